The smallest absolute Gasteiger partial charge is 0.194 e. The first-order valence-electron chi connectivity index (χ1n) is 9.79. The molecule has 2 heterocycles. The molecule has 0 saturated carbocycles. The molecule has 2 aromatic rings. The van der Waals surface area contributed by atoms with Gasteiger partial charge in [-0.1, -0.05) is 6.07 Å². The lowest BCUT2D eigenvalue weighted by Gasteiger charge is -2.36. The lowest BCUT2D eigenvalue weighted by atomic mass is 10.1. The molecule has 1 saturated heterocycles. The summed E-state index contributed by atoms with van der Waals surface area (Å²) in [4.78, 5) is 9.17. The zero-order chi connectivity index (χ0) is 20.8. The molecule has 0 bridgehead atoms. The summed E-state index contributed by atoms with van der Waals surface area (Å²) in [6, 6.07) is 6.11. The molecular weight excluding hydrogens is 370 g/mol. The van der Waals surface area contributed by atoms with E-state index in [1.54, 1.807) is 14.2 Å². The Morgan fingerprint density at radius 1 is 1.10 bits per heavy atom. The summed E-state index contributed by atoms with van der Waals surface area (Å²) in [5, 5.41) is 11.7. The van der Waals surface area contributed by atoms with Gasteiger partial charge < -0.3 is 24.3 Å². The van der Waals surface area contributed by atoms with Crippen molar-refractivity contribution >= 4 is 5.96 Å². The van der Waals surface area contributed by atoms with Crippen LogP contribution in [0, 0.1) is 6.92 Å². The van der Waals surface area contributed by atoms with E-state index in [1.165, 1.54) is 5.56 Å². The summed E-state index contributed by atoms with van der Waals surface area (Å²) in [7, 11) is 7.12. The van der Waals surface area contributed by atoms with Crippen LogP contribution in [0.25, 0.3) is 0 Å². The third-order valence-electron chi connectivity index (χ3n) is 5.33. The Kier molecular flexibility index (Phi) is 6.92. The molecule has 29 heavy (non-hydrogen) atoms. The van der Waals surface area contributed by atoms with Gasteiger partial charge in [-0.3, -0.25) is 9.89 Å². The predicted molar refractivity (Wildman–Crippen MR) is 112 cm³/mol. The second-order valence-electron chi connectivity index (χ2n) is 7.08. The van der Waals surface area contributed by atoms with E-state index in [-0.39, 0.29) is 0 Å². The number of methoxy groups -OCH3 is 2. The van der Waals surface area contributed by atoms with E-state index < -0.39 is 0 Å². The number of ether oxygens (including phenoxy) is 2. The van der Waals surface area contributed by atoms with Crippen molar-refractivity contribution in [3.63, 3.8) is 0 Å². The lowest BCUT2D eigenvalue weighted by Crippen LogP contribution is -2.52. The highest BCUT2D eigenvalue weighted by Gasteiger charge is 2.20. The number of rotatable bonds is 6. The van der Waals surface area contributed by atoms with Crippen molar-refractivity contribution < 1.29 is 9.47 Å². The Bertz CT molecular complexity index is 841. The molecule has 0 radical (unpaired) electrons. The Hall–Kier alpha value is -2.81. The molecule has 158 valence electrons. The standard InChI is InChI=1S/C20H31N7O2/c1-15-23-24-19(25(15)3)13-22-20(21-2)27-10-8-26(9-11-27)14-16-6-7-17(28-4)18(12-16)29-5/h6-7,12H,8-11,13-14H2,1-5H3,(H,21,22). The van der Waals surface area contributed by atoms with Gasteiger partial charge in [0.25, 0.3) is 0 Å². The number of aryl methyl sites for hydroxylation is 1. The summed E-state index contributed by atoms with van der Waals surface area (Å²) >= 11 is 0. The molecule has 0 atom stereocenters. The van der Waals surface area contributed by atoms with E-state index in [9.17, 15) is 0 Å². The maximum atomic E-state index is 5.42. The van der Waals surface area contributed by atoms with Crippen LogP contribution in [-0.2, 0) is 20.1 Å². The molecule has 0 amide bonds. The van der Waals surface area contributed by atoms with Gasteiger partial charge in [0.15, 0.2) is 23.3 Å². The summed E-state index contributed by atoms with van der Waals surface area (Å²) in [6.45, 7) is 7.23. The summed E-state index contributed by atoms with van der Waals surface area (Å²) in [5.74, 6) is 4.23. The molecule has 1 N–H and O–H groups in total. The first-order valence-corrected chi connectivity index (χ1v) is 9.79. The maximum absolute atomic E-state index is 5.42. The van der Waals surface area contributed by atoms with Gasteiger partial charge in [-0.2, -0.15) is 0 Å². The molecule has 0 spiro atoms. The van der Waals surface area contributed by atoms with Crippen LogP contribution in [-0.4, -0.2) is 78.0 Å². The van der Waals surface area contributed by atoms with Gasteiger partial charge >= 0.3 is 0 Å². The van der Waals surface area contributed by atoms with Crippen LogP contribution in [0.15, 0.2) is 23.2 Å². The normalized spacial score (nSPS) is 15.5. The molecule has 0 unspecified atom stereocenters. The molecule has 9 nitrogen and oxygen atoms in total. The highest BCUT2D eigenvalue weighted by Crippen LogP contribution is 2.28. The average molecular weight is 402 g/mol. The van der Waals surface area contributed by atoms with Crippen LogP contribution < -0.4 is 14.8 Å². The first-order chi connectivity index (χ1) is 14.0. The molecular formula is C20H31N7O2. The lowest BCUT2D eigenvalue weighted by molar-refractivity contribution is 0.172. The Labute approximate surface area is 172 Å². The Morgan fingerprint density at radius 2 is 1.83 bits per heavy atom. The number of piperazine rings is 1. The number of guanidine groups is 1. The average Bonchev–Trinajstić information content (AvgIpc) is 3.07. The van der Waals surface area contributed by atoms with Gasteiger partial charge in [0.2, 0.25) is 0 Å². The zero-order valence-electron chi connectivity index (χ0n) is 18.0. The number of aliphatic imine (C=N–C) groups is 1. The van der Waals surface area contributed by atoms with Crippen molar-refractivity contribution in [2.24, 2.45) is 12.0 Å². The molecule has 1 aliphatic rings. The SMILES string of the molecule is CN=C(NCc1nnc(C)n1C)N1CCN(Cc2ccc(OC)c(OC)c2)CC1. The monoisotopic (exact) mass is 401 g/mol. The zero-order valence-corrected chi connectivity index (χ0v) is 18.0. The minimum atomic E-state index is 0.607. The van der Waals surface area contributed by atoms with Gasteiger partial charge in [-0.05, 0) is 24.6 Å². The topological polar surface area (TPSA) is 80.0 Å². The number of aromatic nitrogens is 3. The second kappa shape index (κ2) is 9.60. The van der Waals surface area contributed by atoms with Crippen molar-refractivity contribution in [3.8, 4) is 11.5 Å². The van der Waals surface area contributed by atoms with Crippen LogP contribution in [0.3, 0.4) is 0 Å². The van der Waals surface area contributed by atoms with Gasteiger partial charge in [-0.25, -0.2) is 0 Å². The number of nitrogens with zero attached hydrogens (tertiary/aromatic N) is 6. The van der Waals surface area contributed by atoms with Crippen LogP contribution in [0.2, 0.25) is 0 Å². The quantitative estimate of drug-likeness (QED) is 0.572. The Balaban J connectivity index is 1.52. The fourth-order valence-electron chi connectivity index (χ4n) is 3.45. The molecule has 1 aliphatic heterocycles. The van der Waals surface area contributed by atoms with Crippen molar-refractivity contribution in [2.45, 2.75) is 20.0 Å². The van der Waals surface area contributed by atoms with E-state index in [0.29, 0.717) is 6.54 Å². The fraction of sp³-hybridized carbons (Fsp3) is 0.550. The number of hydrogen-bond donors (Lipinski definition) is 1. The minimum absolute atomic E-state index is 0.607. The van der Waals surface area contributed by atoms with E-state index in [4.69, 9.17) is 9.47 Å². The number of benzene rings is 1. The minimum Gasteiger partial charge on any atom is -0.493 e. The van der Waals surface area contributed by atoms with Crippen LogP contribution in [0.5, 0.6) is 11.5 Å². The maximum Gasteiger partial charge on any atom is 0.194 e. The third kappa shape index (κ3) is 4.97. The highest BCUT2D eigenvalue weighted by atomic mass is 16.5. The van der Waals surface area contributed by atoms with Gasteiger partial charge in [0.05, 0.1) is 20.8 Å². The molecule has 1 fully saturated rings. The van der Waals surface area contributed by atoms with Gasteiger partial charge in [-0.15, -0.1) is 10.2 Å². The van der Waals surface area contributed by atoms with Gasteiger partial charge in [0.1, 0.15) is 5.82 Å². The van der Waals surface area contributed by atoms with Crippen molar-refractivity contribution in [1.82, 2.24) is 29.9 Å². The van der Waals surface area contributed by atoms with Crippen molar-refractivity contribution in [2.75, 3.05) is 47.4 Å². The number of nitrogens with one attached hydrogen (secondary N) is 1. The first kappa shape index (κ1) is 20.9. The molecule has 1 aromatic carbocycles. The van der Waals surface area contributed by atoms with Crippen molar-refractivity contribution in [3.05, 3.63) is 35.4 Å². The third-order valence-corrected chi connectivity index (χ3v) is 5.33. The second-order valence-corrected chi connectivity index (χ2v) is 7.08. The highest BCUT2D eigenvalue weighted by molar-refractivity contribution is 5.79. The number of hydrogen-bond acceptors (Lipinski definition) is 6. The van der Waals surface area contributed by atoms with Gasteiger partial charge in [0, 0.05) is 46.8 Å². The fourth-order valence-corrected chi connectivity index (χ4v) is 3.45. The predicted octanol–water partition coefficient (Wildman–Crippen LogP) is 1.03. The van der Waals surface area contributed by atoms with Crippen molar-refractivity contribution in [1.29, 1.82) is 0 Å². The van der Waals surface area contributed by atoms with Crippen LogP contribution >= 0.6 is 0 Å². The molecule has 1 aromatic heterocycles. The summed E-state index contributed by atoms with van der Waals surface area (Å²) in [6.07, 6.45) is 0. The Morgan fingerprint density at radius 3 is 2.41 bits per heavy atom. The summed E-state index contributed by atoms with van der Waals surface area (Å²) in [5.41, 5.74) is 1.22. The largest absolute Gasteiger partial charge is 0.493 e. The molecule has 3 rings (SSSR count). The van der Waals surface area contributed by atoms with Crippen LogP contribution in [0.4, 0.5) is 0 Å². The summed E-state index contributed by atoms with van der Waals surface area (Å²) < 4.78 is 12.7. The van der Waals surface area contributed by atoms with Crippen LogP contribution in [0.1, 0.15) is 17.2 Å². The molecule has 0 aliphatic carbocycles. The molecule has 9 heteroatoms. The van der Waals surface area contributed by atoms with E-state index in [2.05, 4.69) is 42.4 Å². The van der Waals surface area contributed by atoms with E-state index in [1.807, 2.05) is 31.7 Å². The van der Waals surface area contributed by atoms with E-state index >= 15 is 0 Å². The van der Waals surface area contributed by atoms with E-state index in [0.717, 1.165) is 61.8 Å².